The Balaban J connectivity index is 1.87. The maximum Gasteiger partial charge on any atom is 0.437 e. The van der Waals surface area contributed by atoms with Gasteiger partial charge < -0.3 is 9.32 Å². The average molecular weight is 334 g/mol. The first-order valence-electron chi connectivity index (χ1n) is 7.25. The minimum Gasteiger partial charge on any atom is -0.388 e. The lowest BCUT2D eigenvalue weighted by atomic mass is 9.98. The summed E-state index contributed by atoms with van der Waals surface area (Å²) in [5.41, 5.74) is 1.72. The van der Waals surface area contributed by atoms with Crippen molar-refractivity contribution in [3.63, 3.8) is 0 Å². The summed E-state index contributed by atoms with van der Waals surface area (Å²) in [5, 5.41) is 4.02. The second-order valence-electron chi connectivity index (χ2n) is 5.32. The molecule has 0 saturated heterocycles. The van der Waals surface area contributed by atoms with E-state index in [4.69, 9.17) is 16.0 Å². The minimum absolute atomic E-state index is 0.0263. The van der Waals surface area contributed by atoms with E-state index in [1.54, 1.807) is 4.90 Å². The molecule has 6 nitrogen and oxygen atoms in total. The summed E-state index contributed by atoms with van der Waals surface area (Å²) in [7, 11) is 1.54. The van der Waals surface area contributed by atoms with E-state index in [2.05, 4.69) is 11.2 Å². The van der Waals surface area contributed by atoms with Gasteiger partial charge >= 0.3 is 5.76 Å². The molecule has 1 aromatic heterocycles. The average Bonchev–Trinajstić information content (AvgIpc) is 2.93. The Kier molecular flexibility index (Phi) is 4.34. The third-order valence-electron chi connectivity index (χ3n) is 3.87. The number of benzene rings is 1. The quantitative estimate of drug-likeness (QED) is 0.637. The molecule has 0 radical (unpaired) electrons. The van der Waals surface area contributed by atoms with Gasteiger partial charge in [-0.2, -0.15) is 4.68 Å². The zero-order chi connectivity index (χ0) is 16.4. The van der Waals surface area contributed by atoms with Crippen LogP contribution in [0.3, 0.4) is 0 Å². The van der Waals surface area contributed by atoms with Gasteiger partial charge in [0.25, 0.3) is 0 Å². The van der Waals surface area contributed by atoms with Crippen molar-refractivity contribution >= 4 is 17.5 Å². The molecule has 0 N–H and O–H groups in total. The number of carbonyl (C=O) groups excluding carboxylic acids is 1. The Morgan fingerprint density at radius 1 is 1.35 bits per heavy atom. The lowest BCUT2D eigenvalue weighted by molar-refractivity contribution is -0.130. The SMILES string of the molecule is Cn1nc(-c2ccc(C3CC=CCN3C(=O)CCl)cc2)oc1=O. The van der Waals surface area contributed by atoms with Gasteiger partial charge in [0.1, 0.15) is 5.88 Å². The maximum atomic E-state index is 12.0. The summed E-state index contributed by atoms with van der Waals surface area (Å²) in [6, 6.07) is 7.48. The van der Waals surface area contributed by atoms with Gasteiger partial charge in [-0.1, -0.05) is 24.3 Å². The Morgan fingerprint density at radius 2 is 2.09 bits per heavy atom. The molecule has 2 aromatic rings. The third-order valence-corrected chi connectivity index (χ3v) is 4.10. The summed E-state index contributed by atoms with van der Waals surface area (Å²) in [5.74, 6) is -0.330. The smallest absolute Gasteiger partial charge is 0.388 e. The molecule has 120 valence electrons. The lowest BCUT2D eigenvalue weighted by Crippen LogP contribution is -2.37. The first-order chi connectivity index (χ1) is 11.1. The second kappa shape index (κ2) is 6.42. The molecule has 1 aliphatic rings. The van der Waals surface area contributed by atoms with Gasteiger partial charge in [0, 0.05) is 19.2 Å². The van der Waals surface area contributed by atoms with Gasteiger partial charge in [-0.15, -0.1) is 16.7 Å². The topological polar surface area (TPSA) is 68.3 Å². The molecule has 2 heterocycles. The van der Waals surface area contributed by atoms with Gasteiger partial charge in [-0.05, 0) is 24.1 Å². The van der Waals surface area contributed by atoms with Crippen molar-refractivity contribution in [3.8, 4) is 11.5 Å². The molecule has 0 spiro atoms. The van der Waals surface area contributed by atoms with Crippen LogP contribution in [0.25, 0.3) is 11.5 Å². The molecule has 7 heteroatoms. The molecule has 0 saturated carbocycles. The molecular formula is C16H16ClN3O3. The van der Waals surface area contributed by atoms with Crippen molar-refractivity contribution in [1.82, 2.24) is 14.7 Å². The monoisotopic (exact) mass is 333 g/mol. The summed E-state index contributed by atoms with van der Waals surface area (Å²) in [4.78, 5) is 25.1. The van der Waals surface area contributed by atoms with Crippen LogP contribution in [-0.4, -0.2) is 33.0 Å². The number of aromatic nitrogens is 2. The fraction of sp³-hybridized carbons (Fsp3) is 0.312. The van der Waals surface area contributed by atoms with E-state index in [0.29, 0.717) is 12.1 Å². The Labute approximate surface area is 138 Å². The van der Waals surface area contributed by atoms with E-state index in [1.807, 2.05) is 30.3 Å². The van der Waals surface area contributed by atoms with Crippen LogP contribution in [0.1, 0.15) is 18.0 Å². The molecular weight excluding hydrogens is 318 g/mol. The van der Waals surface area contributed by atoms with Crippen LogP contribution in [0, 0.1) is 0 Å². The van der Waals surface area contributed by atoms with E-state index in [1.165, 1.54) is 7.05 Å². The number of hydrogen-bond donors (Lipinski definition) is 0. The number of nitrogens with zero attached hydrogens (tertiary/aromatic N) is 3. The van der Waals surface area contributed by atoms with Crippen LogP contribution in [0.2, 0.25) is 0 Å². The largest absolute Gasteiger partial charge is 0.437 e. The molecule has 1 unspecified atom stereocenters. The van der Waals surface area contributed by atoms with Crippen molar-refractivity contribution in [2.75, 3.05) is 12.4 Å². The van der Waals surface area contributed by atoms with Crippen LogP contribution < -0.4 is 5.76 Å². The highest BCUT2D eigenvalue weighted by molar-refractivity contribution is 6.27. The predicted octanol–water partition coefficient (Wildman–Crippen LogP) is 2.11. The molecule has 0 aliphatic carbocycles. The Hall–Kier alpha value is -2.34. The van der Waals surface area contributed by atoms with E-state index >= 15 is 0 Å². The van der Waals surface area contributed by atoms with Crippen molar-refractivity contribution < 1.29 is 9.21 Å². The summed E-state index contributed by atoms with van der Waals surface area (Å²) >= 11 is 5.69. The molecule has 0 bridgehead atoms. The fourth-order valence-corrected chi connectivity index (χ4v) is 2.80. The first kappa shape index (κ1) is 15.6. The molecule has 1 atom stereocenters. The number of rotatable bonds is 3. The number of hydrogen-bond acceptors (Lipinski definition) is 4. The summed E-state index contributed by atoms with van der Waals surface area (Å²) in [6.07, 6.45) is 4.78. The standard InChI is InChI=1S/C16H16ClN3O3/c1-19-16(22)23-15(18-19)12-7-5-11(6-8-12)13-4-2-3-9-20(13)14(21)10-17/h2-3,5-8,13H,4,9-10H2,1H3. The second-order valence-corrected chi connectivity index (χ2v) is 5.59. The highest BCUT2D eigenvalue weighted by Crippen LogP contribution is 2.29. The zero-order valence-electron chi connectivity index (χ0n) is 12.6. The molecule has 0 fully saturated rings. The molecule has 1 aromatic carbocycles. The minimum atomic E-state index is -0.500. The number of amides is 1. The number of alkyl halides is 1. The highest BCUT2D eigenvalue weighted by atomic mass is 35.5. The van der Waals surface area contributed by atoms with Gasteiger partial charge in [-0.25, -0.2) is 4.79 Å². The van der Waals surface area contributed by atoms with Gasteiger partial charge in [0.2, 0.25) is 11.8 Å². The molecule has 23 heavy (non-hydrogen) atoms. The summed E-state index contributed by atoms with van der Waals surface area (Å²) < 4.78 is 6.21. The molecule has 1 amide bonds. The van der Waals surface area contributed by atoms with Crippen LogP contribution >= 0.6 is 11.6 Å². The lowest BCUT2D eigenvalue weighted by Gasteiger charge is -2.33. The van der Waals surface area contributed by atoms with Crippen LogP contribution in [-0.2, 0) is 11.8 Å². The van der Waals surface area contributed by atoms with Crippen molar-refractivity contribution in [1.29, 1.82) is 0 Å². The Morgan fingerprint density at radius 3 is 2.70 bits per heavy atom. The third kappa shape index (κ3) is 3.07. The van der Waals surface area contributed by atoms with Gasteiger partial charge in [0.15, 0.2) is 0 Å². The first-order valence-corrected chi connectivity index (χ1v) is 7.78. The van der Waals surface area contributed by atoms with Gasteiger partial charge in [0.05, 0.1) is 6.04 Å². The van der Waals surface area contributed by atoms with Crippen LogP contribution in [0.4, 0.5) is 0 Å². The van der Waals surface area contributed by atoms with E-state index in [0.717, 1.165) is 16.7 Å². The van der Waals surface area contributed by atoms with Crippen molar-refractivity contribution in [2.24, 2.45) is 7.05 Å². The maximum absolute atomic E-state index is 12.0. The van der Waals surface area contributed by atoms with Crippen molar-refractivity contribution in [3.05, 3.63) is 52.5 Å². The molecule has 3 rings (SSSR count). The zero-order valence-corrected chi connectivity index (χ0v) is 13.4. The van der Waals surface area contributed by atoms with Gasteiger partial charge in [-0.3, -0.25) is 4.79 Å². The molecule has 1 aliphatic heterocycles. The Bertz CT molecular complexity index is 792. The van der Waals surface area contributed by atoms with E-state index < -0.39 is 5.76 Å². The predicted molar refractivity (Wildman–Crippen MR) is 86.1 cm³/mol. The number of aryl methyl sites for hydroxylation is 1. The van der Waals surface area contributed by atoms with Crippen molar-refractivity contribution in [2.45, 2.75) is 12.5 Å². The normalized spacial score (nSPS) is 17.5. The van der Waals surface area contributed by atoms with E-state index in [9.17, 15) is 9.59 Å². The summed E-state index contributed by atoms with van der Waals surface area (Å²) in [6.45, 7) is 0.563. The fourth-order valence-electron chi connectivity index (χ4n) is 2.65. The highest BCUT2D eigenvalue weighted by Gasteiger charge is 2.25. The number of halogens is 1. The van der Waals surface area contributed by atoms with Crippen LogP contribution in [0.5, 0.6) is 0 Å². The van der Waals surface area contributed by atoms with Crippen LogP contribution in [0.15, 0.2) is 45.6 Å². The van der Waals surface area contributed by atoms with E-state index in [-0.39, 0.29) is 23.7 Å². The number of carbonyl (C=O) groups is 1.